The zero-order valence-electron chi connectivity index (χ0n) is 11.8. The average molecular weight is 254 g/mol. The number of hydrogen-bond acceptors (Lipinski definition) is 2. The fourth-order valence-electron chi connectivity index (χ4n) is 2.29. The highest BCUT2D eigenvalue weighted by Crippen LogP contribution is 2.27. The Hall–Kier alpha value is -2.10. The fraction of sp³-hybridized carbons (Fsp3) is 0.333. The molecule has 0 aliphatic heterocycles. The quantitative estimate of drug-likeness (QED) is 0.668. The lowest BCUT2D eigenvalue weighted by molar-refractivity contribution is 0.408. The van der Waals surface area contributed by atoms with E-state index in [1.165, 1.54) is 5.56 Å². The third-order valence-corrected chi connectivity index (χ3v) is 3.31. The summed E-state index contributed by atoms with van der Waals surface area (Å²) in [5.74, 6) is 0. The van der Waals surface area contributed by atoms with E-state index in [2.05, 4.69) is 53.6 Å². The second kappa shape index (κ2) is 3.95. The summed E-state index contributed by atoms with van der Waals surface area (Å²) in [6.45, 7) is 6.56. The van der Waals surface area contributed by atoms with Gasteiger partial charge in [-0.2, -0.15) is 5.10 Å². The maximum absolute atomic E-state index is 4.47. The number of aromatic nitrogens is 4. The van der Waals surface area contributed by atoms with E-state index < -0.39 is 0 Å². The van der Waals surface area contributed by atoms with Crippen molar-refractivity contribution in [2.45, 2.75) is 26.3 Å². The fourth-order valence-corrected chi connectivity index (χ4v) is 2.29. The van der Waals surface area contributed by atoms with Gasteiger partial charge in [-0.3, -0.25) is 4.68 Å². The van der Waals surface area contributed by atoms with Crippen molar-refractivity contribution in [3.63, 3.8) is 0 Å². The molecule has 4 heteroatoms. The van der Waals surface area contributed by atoms with Crippen molar-refractivity contribution in [1.29, 1.82) is 0 Å². The Kier molecular flexibility index (Phi) is 2.49. The molecule has 4 nitrogen and oxygen atoms in total. The van der Waals surface area contributed by atoms with Crippen LogP contribution in [0.2, 0.25) is 0 Å². The smallest absolute Gasteiger partial charge is 0.0963 e. The second-order valence-electron chi connectivity index (χ2n) is 5.89. The van der Waals surface area contributed by atoms with Crippen LogP contribution in [0.4, 0.5) is 0 Å². The predicted octanol–water partition coefficient (Wildman–Crippen LogP) is 3.19. The summed E-state index contributed by atoms with van der Waals surface area (Å²) >= 11 is 0. The molecular weight excluding hydrogens is 236 g/mol. The molecule has 0 unspecified atom stereocenters. The lowest BCUT2D eigenvalue weighted by Gasteiger charge is -2.21. The molecule has 0 spiro atoms. The molecule has 0 aliphatic carbocycles. The highest BCUT2D eigenvalue weighted by molar-refractivity contribution is 5.82. The molecule has 0 fully saturated rings. The average Bonchev–Trinajstić information content (AvgIpc) is 2.92. The third-order valence-electron chi connectivity index (χ3n) is 3.31. The minimum absolute atomic E-state index is 0.0301. The van der Waals surface area contributed by atoms with Gasteiger partial charge < -0.3 is 4.57 Å². The first-order valence-electron chi connectivity index (χ1n) is 6.42. The molecule has 98 valence electrons. The van der Waals surface area contributed by atoms with Crippen LogP contribution in [-0.2, 0) is 12.6 Å². The van der Waals surface area contributed by atoms with Gasteiger partial charge in [0.1, 0.15) is 0 Å². The zero-order chi connectivity index (χ0) is 13.6. The van der Waals surface area contributed by atoms with Crippen LogP contribution < -0.4 is 0 Å². The molecule has 0 aliphatic rings. The van der Waals surface area contributed by atoms with Crippen LogP contribution in [0.5, 0.6) is 0 Å². The first-order chi connectivity index (χ1) is 8.95. The van der Waals surface area contributed by atoms with Crippen LogP contribution in [-0.4, -0.2) is 19.3 Å². The first kappa shape index (κ1) is 12.0. The summed E-state index contributed by atoms with van der Waals surface area (Å²) in [6.07, 6.45) is 5.83. The molecule has 0 bridgehead atoms. The van der Waals surface area contributed by atoms with Gasteiger partial charge in [0.15, 0.2) is 0 Å². The van der Waals surface area contributed by atoms with Gasteiger partial charge in [0.2, 0.25) is 0 Å². The van der Waals surface area contributed by atoms with E-state index in [0.29, 0.717) is 0 Å². The molecule has 0 amide bonds. The molecule has 0 saturated carbocycles. The number of fused-ring (bicyclic) bond motifs is 1. The summed E-state index contributed by atoms with van der Waals surface area (Å²) < 4.78 is 4.03. The van der Waals surface area contributed by atoms with Crippen LogP contribution >= 0.6 is 0 Å². The van der Waals surface area contributed by atoms with Gasteiger partial charge in [-0.25, -0.2) is 4.98 Å². The van der Waals surface area contributed by atoms with Crippen molar-refractivity contribution < 1.29 is 0 Å². The predicted molar refractivity (Wildman–Crippen MR) is 76.9 cm³/mol. The Bertz CT molecular complexity index is 728. The van der Waals surface area contributed by atoms with Gasteiger partial charge in [-0.15, -0.1) is 0 Å². The van der Waals surface area contributed by atoms with Crippen LogP contribution in [0.15, 0.2) is 36.9 Å². The molecule has 3 rings (SSSR count). The Balaban J connectivity index is 2.19. The minimum Gasteiger partial charge on any atom is -0.325 e. The van der Waals surface area contributed by atoms with Crippen molar-refractivity contribution in [1.82, 2.24) is 19.3 Å². The van der Waals surface area contributed by atoms with Gasteiger partial charge in [-0.1, -0.05) is 6.07 Å². The first-order valence-corrected chi connectivity index (χ1v) is 6.42. The number of benzene rings is 1. The molecule has 2 heterocycles. The molecule has 1 aromatic carbocycles. The molecule has 19 heavy (non-hydrogen) atoms. The van der Waals surface area contributed by atoms with E-state index in [1.807, 2.05) is 30.5 Å². The third kappa shape index (κ3) is 2.03. The Morgan fingerprint density at radius 2 is 1.89 bits per heavy atom. The zero-order valence-corrected chi connectivity index (χ0v) is 11.8. The van der Waals surface area contributed by atoms with Crippen LogP contribution in [0, 0.1) is 0 Å². The van der Waals surface area contributed by atoms with Crippen molar-refractivity contribution in [2.24, 2.45) is 7.05 Å². The van der Waals surface area contributed by atoms with Crippen LogP contribution in [0.3, 0.4) is 0 Å². The van der Waals surface area contributed by atoms with E-state index in [0.717, 1.165) is 16.6 Å². The summed E-state index contributed by atoms with van der Waals surface area (Å²) in [4.78, 5) is 4.47. The van der Waals surface area contributed by atoms with Crippen molar-refractivity contribution in [2.75, 3.05) is 0 Å². The number of nitrogens with zero attached hydrogens (tertiary/aromatic N) is 4. The normalized spacial score (nSPS) is 12.2. The number of hydrogen-bond donors (Lipinski definition) is 0. The Morgan fingerprint density at radius 1 is 1.11 bits per heavy atom. The molecule has 0 N–H and O–H groups in total. The van der Waals surface area contributed by atoms with E-state index in [-0.39, 0.29) is 5.54 Å². The van der Waals surface area contributed by atoms with E-state index in [4.69, 9.17) is 0 Å². The molecule has 2 aromatic heterocycles. The highest BCUT2D eigenvalue weighted by atomic mass is 15.2. The Labute approximate surface area is 112 Å². The van der Waals surface area contributed by atoms with Gasteiger partial charge in [0.25, 0.3) is 0 Å². The topological polar surface area (TPSA) is 35.6 Å². The van der Waals surface area contributed by atoms with E-state index >= 15 is 0 Å². The van der Waals surface area contributed by atoms with Gasteiger partial charge in [-0.05, 0) is 38.5 Å². The molecule has 0 saturated heterocycles. The standard InChI is InChI=1S/C15H18N4/c1-15(2,3)19-10-16-13-6-5-11(7-14(13)19)12-8-17-18(4)9-12/h5-10H,1-4H3. The lowest BCUT2D eigenvalue weighted by Crippen LogP contribution is -2.20. The molecule has 0 radical (unpaired) electrons. The SMILES string of the molecule is Cn1cc(-c2ccc3ncn(C(C)(C)C)c3c2)cn1. The van der Waals surface area contributed by atoms with Crippen LogP contribution in [0.25, 0.3) is 22.2 Å². The van der Waals surface area contributed by atoms with Gasteiger partial charge in [0.05, 0.1) is 23.6 Å². The van der Waals surface area contributed by atoms with Crippen LogP contribution in [0.1, 0.15) is 20.8 Å². The number of imidazole rings is 1. The molecule has 0 atom stereocenters. The van der Waals surface area contributed by atoms with Crippen molar-refractivity contribution in [3.05, 3.63) is 36.9 Å². The maximum Gasteiger partial charge on any atom is 0.0963 e. The molecular formula is C15H18N4. The van der Waals surface area contributed by atoms with Crippen molar-refractivity contribution >= 4 is 11.0 Å². The largest absolute Gasteiger partial charge is 0.325 e. The number of aryl methyl sites for hydroxylation is 1. The highest BCUT2D eigenvalue weighted by Gasteiger charge is 2.16. The lowest BCUT2D eigenvalue weighted by atomic mass is 10.1. The van der Waals surface area contributed by atoms with Gasteiger partial charge >= 0.3 is 0 Å². The Morgan fingerprint density at radius 3 is 2.53 bits per heavy atom. The minimum atomic E-state index is 0.0301. The summed E-state index contributed by atoms with van der Waals surface area (Å²) in [5, 5.41) is 4.23. The van der Waals surface area contributed by atoms with E-state index in [1.54, 1.807) is 0 Å². The van der Waals surface area contributed by atoms with Crippen molar-refractivity contribution in [3.8, 4) is 11.1 Å². The summed E-state index contributed by atoms with van der Waals surface area (Å²) in [5.41, 5.74) is 4.52. The maximum atomic E-state index is 4.47. The van der Waals surface area contributed by atoms with Gasteiger partial charge in [0, 0.05) is 24.3 Å². The summed E-state index contributed by atoms with van der Waals surface area (Å²) in [6, 6.07) is 6.35. The monoisotopic (exact) mass is 254 g/mol. The summed E-state index contributed by atoms with van der Waals surface area (Å²) in [7, 11) is 1.93. The second-order valence-corrected chi connectivity index (χ2v) is 5.89. The molecule has 3 aromatic rings. The number of rotatable bonds is 1. The van der Waals surface area contributed by atoms with E-state index in [9.17, 15) is 0 Å².